The van der Waals surface area contributed by atoms with Crippen LogP contribution in [0.5, 0.6) is 0 Å². The second kappa shape index (κ2) is 7.17. The van der Waals surface area contributed by atoms with Crippen molar-refractivity contribution in [1.82, 2.24) is 0 Å². The first-order chi connectivity index (χ1) is 6.45. The second-order valence-electron chi connectivity index (χ2n) is 2.87. The molecule has 0 aromatic heterocycles. The van der Waals surface area contributed by atoms with Crippen LogP contribution in [0.25, 0.3) is 0 Å². The summed E-state index contributed by atoms with van der Waals surface area (Å²) in [6.45, 7) is 5.19. The molecule has 0 amide bonds. The fraction of sp³-hybridized carbons (Fsp3) is 1.00. The molecule has 0 bridgehead atoms. The van der Waals surface area contributed by atoms with Crippen molar-refractivity contribution in [2.45, 2.75) is 20.0 Å². The van der Waals surface area contributed by atoms with E-state index in [1.807, 2.05) is 13.8 Å². The van der Waals surface area contributed by atoms with Crippen molar-refractivity contribution in [1.29, 1.82) is 0 Å². The van der Waals surface area contributed by atoms with Gasteiger partial charge in [0, 0.05) is 6.61 Å². The first-order valence-corrected chi connectivity index (χ1v) is 6.31. The topological polar surface area (TPSA) is 61.8 Å². The van der Waals surface area contributed by atoms with E-state index in [0.29, 0.717) is 13.2 Å². The second-order valence-corrected chi connectivity index (χ2v) is 4.51. The summed E-state index contributed by atoms with van der Waals surface area (Å²) in [5.74, 6) is 0. The number of hydrogen-bond donors (Lipinski definition) is 0. The Balaban J connectivity index is 3.30. The van der Waals surface area contributed by atoms with Crippen LogP contribution >= 0.6 is 0 Å². The lowest BCUT2D eigenvalue weighted by molar-refractivity contribution is -0.00759. The van der Waals surface area contributed by atoms with Crippen LogP contribution in [0.2, 0.25) is 0 Å². The summed E-state index contributed by atoms with van der Waals surface area (Å²) < 4.78 is 35.9. The Hall–Kier alpha value is -0.170. The minimum atomic E-state index is -3.35. The van der Waals surface area contributed by atoms with Crippen LogP contribution in [-0.4, -0.2) is 47.2 Å². The molecule has 0 aliphatic carbocycles. The average Bonchev–Trinajstić information content (AvgIpc) is 2.02. The minimum Gasteiger partial charge on any atom is -0.376 e. The third-order valence-electron chi connectivity index (χ3n) is 1.33. The molecule has 1 atom stereocenters. The summed E-state index contributed by atoms with van der Waals surface area (Å²) in [4.78, 5) is 0. The molecule has 5 nitrogen and oxygen atoms in total. The summed E-state index contributed by atoms with van der Waals surface area (Å²) in [7, 11) is -3.35. The molecule has 0 N–H and O–H groups in total. The lowest BCUT2D eigenvalue weighted by Gasteiger charge is -2.11. The largest absolute Gasteiger partial charge is 0.376 e. The van der Waals surface area contributed by atoms with E-state index in [0.717, 1.165) is 6.26 Å². The van der Waals surface area contributed by atoms with Crippen molar-refractivity contribution in [3.8, 4) is 0 Å². The van der Waals surface area contributed by atoms with Crippen LogP contribution in [0.15, 0.2) is 0 Å². The minimum absolute atomic E-state index is 0.0261. The lowest BCUT2D eigenvalue weighted by Crippen LogP contribution is -2.18. The Morgan fingerprint density at radius 1 is 1.29 bits per heavy atom. The van der Waals surface area contributed by atoms with Gasteiger partial charge in [-0.05, 0) is 13.8 Å². The maximum atomic E-state index is 10.5. The lowest BCUT2D eigenvalue weighted by atomic mass is 10.4. The molecule has 14 heavy (non-hydrogen) atoms. The Bertz CT molecular complexity index is 224. The molecule has 0 spiro atoms. The van der Waals surface area contributed by atoms with Gasteiger partial charge >= 0.3 is 0 Å². The van der Waals surface area contributed by atoms with Crippen molar-refractivity contribution < 1.29 is 22.1 Å². The van der Waals surface area contributed by atoms with Gasteiger partial charge in [0.1, 0.15) is 0 Å². The van der Waals surface area contributed by atoms with Gasteiger partial charge in [0.15, 0.2) is 0 Å². The molecule has 0 aliphatic heterocycles. The quantitative estimate of drug-likeness (QED) is 0.443. The molecule has 0 saturated heterocycles. The van der Waals surface area contributed by atoms with Crippen LogP contribution in [0.3, 0.4) is 0 Å². The van der Waals surface area contributed by atoms with Gasteiger partial charge in [0.25, 0.3) is 10.1 Å². The van der Waals surface area contributed by atoms with Gasteiger partial charge < -0.3 is 9.47 Å². The predicted molar refractivity (Wildman–Crippen MR) is 52.7 cm³/mol. The van der Waals surface area contributed by atoms with E-state index in [9.17, 15) is 8.42 Å². The molecule has 0 aromatic rings. The average molecular weight is 226 g/mol. The highest BCUT2D eigenvalue weighted by Gasteiger charge is 2.03. The van der Waals surface area contributed by atoms with Crippen LogP contribution in [-0.2, 0) is 23.8 Å². The maximum Gasteiger partial charge on any atom is 0.264 e. The van der Waals surface area contributed by atoms with Gasteiger partial charge in [-0.15, -0.1) is 0 Å². The van der Waals surface area contributed by atoms with E-state index in [2.05, 4.69) is 4.18 Å². The summed E-state index contributed by atoms with van der Waals surface area (Å²) in [6.07, 6.45) is 1.04. The zero-order chi connectivity index (χ0) is 11.0. The Labute approximate surface area is 85.5 Å². The van der Waals surface area contributed by atoms with Gasteiger partial charge in [-0.3, -0.25) is 4.18 Å². The molecular formula is C8H18O5S. The molecule has 0 aromatic carbocycles. The molecular weight excluding hydrogens is 208 g/mol. The predicted octanol–water partition coefficient (Wildman–Crippen LogP) is 0.404. The van der Waals surface area contributed by atoms with E-state index in [-0.39, 0.29) is 19.3 Å². The van der Waals surface area contributed by atoms with Crippen LogP contribution < -0.4 is 0 Å². The molecule has 0 saturated carbocycles. The Morgan fingerprint density at radius 2 is 1.93 bits per heavy atom. The highest BCUT2D eigenvalue weighted by Crippen LogP contribution is 1.92. The fourth-order valence-corrected chi connectivity index (χ4v) is 1.20. The third-order valence-corrected chi connectivity index (χ3v) is 1.92. The van der Waals surface area contributed by atoms with Crippen LogP contribution in [0.4, 0.5) is 0 Å². The van der Waals surface area contributed by atoms with Crippen molar-refractivity contribution in [2.75, 3.05) is 32.7 Å². The van der Waals surface area contributed by atoms with E-state index in [4.69, 9.17) is 9.47 Å². The number of ether oxygens (including phenoxy) is 2. The first kappa shape index (κ1) is 13.8. The van der Waals surface area contributed by atoms with E-state index < -0.39 is 10.1 Å². The molecule has 1 unspecified atom stereocenters. The van der Waals surface area contributed by atoms with E-state index >= 15 is 0 Å². The zero-order valence-corrected chi connectivity index (χ0v) is 9.67. The third kappa shape index (κ3) is 9.91. The van der Waals surface area contributed by atoms with Gasteiger partial charge in [-0.25, -0.2) is 0 Å². The Morgan fingerprint density at radius 3 is 2.43 bits per heavy atom. The molecule has 0 rings (SSSR count). The number of hydrogen-bond acceptors (Lipinski definition) is 5. The van der Waals surface area contributed by atoms with Gasteiger partial charge in [-0.1, -0.05) is 0 Å². The Kier molecular flexibility index (Phi) is 7.08. The standard InChI is InChI=1S/C8H18O5S/c1-4-12-8(2)7-11-5-6-13-14(3,9)10/h8H,4-7H2,1-3H3. The van der Waals surface area contributed by atoms with Gasteiger partial charge in [0.05, 0.1) is 32.2 Å². The van der Waals surface area contributed by atoms with Crippen molar-refractivity contribution >= 4 is 10.1 Å². The van der Waals surface area contributed by atoms with Crippen molar-refractivity contribution in [3.05, 3.63) is 0 Å². The summed E-state index contributed by atoms with van der Waals surface area (Å²) in [5, 5.41) is 0. The molecule has 6 heteroatoms. The fourth-order valence-electron chi connectivity index (χ4n) is 0.826. The van der Waals surface area contributed by atoms with E-state index in [1.165, 1.54) is 0 Å². The summed E-state index contributed by atoms with van der Waals surface area (Å²) in [6, 6.07) is 0. The first-order valence-electron chi connectivity index (χ1n) is 4.49. The summed E-state index contributed by atoms with van der Waals surface area (Å²) >= 11 is 0. The zero-order valence-electron chi connectivity index (χ0n) is 8.86. The molecule has 0 radical (unpaired) electrons. The monoisotopic (exact) mass is 226 g/mol. The van der Waals surface area contributed by atoms with Gasteiger partial charge in [-0.2, -0.15) is 8.42 Å². The molecule has 0 fully saturated rings. The highest BCUT2D eigenvalue weighted by atomic mass is 32.2. The molecule has 0 aliphatic rings. The highest BCUT2D eigenvalue weighted by molar-refractivity contribution is 7.85. The molecule has 0 heterocycles. The molecule has 86 valence electrons. The summed E-state index contributed by atoms with van der Waals surface area (Å²) in [5.41, 5.74) is 0. The van der Waals surface area contributed by atoms with Crippen LogP contribution in [0.1, 0.15) is 13.8 Å². The maximum absolute atomic E-state index is 10.5. The number of rotatable bonds is 8. The SMILES string of the molecule is CCOC(C)COCCOS(C)(=O)=O. The van der Waals surface area contributed by atoms with Crippen molar-refractivity contribution in [3.63, 3.8) is 0 Å². The van der Waals surface area contributed by atoms with Gasteiger partial charge in [0.2, 0.25) is 0 Å². The normalized spacial score (nSPS) is 14.2. The van der Waals surface area contributed by atoms with Crippen molar-refractivity contribution in [2.24, 2.45) is 0 Å². The smallest absolute Gasteiger partial charge is 0.264 e. The van der Waals surface area contributed by atoms with E-state index in [1.54, 1.807) is 0 Å². The van der Waals surface area contributed by atoms with Crippen LogP contribution in [0, 0.1) is 0 Å².